The van der Waals surface area contributed by atoms with Gasteiger partial charge in [-0.1, -0.05) is 12.1 Å². The number of benzene rings is 1. The molecule has 164 valence electrons. The molecule has 1 aromatic rings. The van der Waals surface area contributed by atoms with Crippen molar-refractivity contribution in [2.24, 2.45) is 10.9 Å². The number of aliphatic imine (C=N–C) groups is 1. The quantitative estimate of drug-likeness (QED) is 0.228. The van der Waals surface area contributed by atoms with Crippen LogP contribution in [0.15, 0.2) is 29.3 Å². The van der Waals surface area contributed by atoms with Gasteiger partial charge in [0, 0.05) is 60.3 Å². The van der Waals surface area contributed by atoms with Crippen LogP contribution in [0.1, 0.15) is 31.2 Å². The van der Waals surface area contributed by atoms with E-state index in [0.29, 0.717) is 32.1 Å². The number of rotatable bonds is 9. The summed E-state index contributed by atoms with van der Waals surface area (Å²) >= 11 is 0. The molecule has 0 spiro atoms. The lowest BCUT2D eigenvalue weighted by atomic mass is 9.93. The van der Waals surface area contributed by atoms with Gasteiger partial charge in [-0.2, -0.15) is 0 Å². The van der Waals surface area contributed by atoms with Crippen LogP contribution >= 0.6 is 24.0 Å². The maximum absolute atomic E-state index is 11.6. The first-order valence-corrected chi connectivity index (χ1v) is 10.0. The molecule has 0 saturated carbocycles. The summed E-state index contributed by atoms with van der Waals surface area (Å²) in [5, 5.41) is 6.16. The molecule has 2 N–H and O–H groups in total. The largest absolute Gasteiger partial charge is 0.493 e. The Morgan fingerprint density at radius 3 is 2.69 bits per heavy atom. The van der Waals surface area contributed by atoms with E-state index in [4.69, 9.17) is 9.47 Å². The van der Waals surface area contributed by atoms with Crippen LogP contribution in [0.4, 0.5) is 0 Å². The number of amides is 1. The Labute approximate surface area is 191 Å². The summed E-state index contributed by atoms with van der Waals surface area (Å²) in [5.74, 6) is 2.37. The molecule has 1 saturated heterocycles. The second-order valence-corrected chi connectivity index (χ2v) is 7.05. The Balaban J connectivity index is 0.00000420. The van der Waals surface area contributed by atoms with Crippen molar-refractivity contribution >= 4 is 35.8 Å². The molecule has 0 bridgehead atoms. The predicted octanol–water partition coefficient (Wildman–Crippen LogP) is 2.64. The van der Waals surface area contributed by atoms with Crippen molar-refractivity contribution in [2.45, 2.75) is 32.2 Å². The fourth-order valence-corrected chi connectivity index (χ4v) is 3.37. The molecule has 1 aliphatic rings. The standard InChI is InChI=1S/C21H34N4O3.HI/c1-22-20(26)15-17-8-10-25(11-9-17)21(23-2)24-16-18-6-4-7-19(14-18)28-13-5-12-27-3;/h4,6-7,14,17H,5,8-13,15-16H2,1-3H3,(H,22,26)(H,23,24);1H. The summed E-state index contributed by atoms with van der Waals surface area (Å²) in [4.78, 5) is 18.3. The molecule has 1 aromatic carbocycles. The molecule has 1 amide bonds. The molecular weight excluding hydrogens is 483 g/mol. The summed E-state index contributed by atoms with van der Waals surface area (Å²) < 4.78 is 10.8. The van der Waals surface area contributed by atoms with E-state index in [1.54, 1.807) is 14.2 Å². The molecule has 1 aliphatic heterocycles. The third-order valence-corrected chi connectivity index (χ3v) is 4.99. The number of nitrogens with zero attached hydrogens (tertiary/aromatic N) is 2. The van der Waals surface area contributed by atoms with E-state index in [1.807, 2.05) is 19.2 Å². The number of hydrogen-bond donors (Lipinski definition) is 2. The Morgan fingerprint density at radius 1 is 1.28 bits per heavy atom. The third-order valence-electron chi connectivity index (χ3n) is 4.99. The number of nitrogens with one attached hydrogen (secondary N) is 2. The van der Waals surface area contributed by atoms with Crippen LogP contribution in [-0.4, -0.2) is 64.3 Å². The van der Waals surface area contributed by atoms with E-state index < -0.39 is 0 Å². The van der Waals surface area contributed by atoms with E-state index in [-0.39, 0.29) is 29.9 Å². The molecule has 2 rings (SSSR count). The molecule has 0 radical (unpaired) electrons. The van der Waals surface area contributed by atoms with E-state index in [0.717, 1.165) is 49.6 Å². The smallest absolute Gasteiger partial charge is 0.220 e. The fraction of sp³-hybridized carbons (Fsp3) is 0.619. The van der Waals surface area contributed by atoms with Gasteiger partial charge in [0.1, 0.15) is 5.75 Å². The molecular formula is C21H35IN4O3. The van der Waals surface area contributed by atoms with Crippen LogP contribution in [0.5, 0.6) is 5.75 Å². The molecule has 29 heavy (non-hydrogen) atoms. The average molecular weight is 518 g/mol. The van der Waals surface area contributed by atoms with Crippen molar-refractivity contribution < 1.29 is 14.3 Å². The topological polar surface area (TPSA) is 75.2 Å². The first kappa shape index (κ1) is 25.5. The molecule has 7 nitrogen and oxygen atoms in total. The molecule has 0 aliphatic carbocycles. The number of halogens is 1. The predicted molar refractivity (Wildman–Crippen MR) is 127 cm³/mol. The number of methoxy groups -OCH3 is 1. The van der Waals surface area contributed by atoms with E-state index in [2.05, 4.69) is 32.7 Å². The Morgan fingerprint density at radius 2 is 2.03 bits per heavy atom. The van der Waals surface area contributed by atoms with Crippen LogP contribution in [-0.2, 0) is 16.1 Å². The monoisotopic (exact) mass is 518 g/mol. The highest BCUT2D eigenvalue weighted by molar-refractivity contribution is 14.0. The van der Waals surface area contributed by atoms with Crippen molar-refractivity contribution in [2.75, 3.05) is 47.5 Å². The number of hydrogen-bond acceptors (Lipinski definition) is 4. The normalized spacial score (nSPS) is 14.9. The van der Waals surface area contributed by atoms with Gasteiger partial charge in [-0.15, -0.1) is 24.0 Å². The highest BCUT2D eigenvalue weighted by Crippen LogP contribution is 2.20. The van der Waals surface area contributed by atoms with E-state index in [1.165, 1.54) is 0 Å². The number of piperidine rings is 1. The van der Waals surface area contributed by atoms with Crippen LogP contribution in [0.2, 0.25) is 0 Å². The third kappa shape index (κ3) is 9.20. The second-order valence-electron chi connectivity index (χ2n) is 7.05. The van der Waals surface area contributed by atoms with Gasteiger partial charge in [-0.3, -0.25) is 9.79 Å². The van der Waals surface area contributed by atoms with E-state index >= 15 is 0 Å². The molecule has 1 heterocycles. The summed E-state index contributed by atoms with van der Waals surface area (Å²) in [6.45, 7) is 3.89. The Bertz CT molecular complexity index is 634. The summed E-state index contributed by atoms with van der Waals surface area (Å²) in [7, 11) is 5.21. The van der Waals surface area contributed by atoms with Crippen LogP contribution in [0.25, 0.3) is 0 Å². The molecule has 1 fully saturated rings. The minimum Gasteiger partial charge on any atom is -0.493 e. The second kappa shape index (κ2) is 14.4. The lowest BCUT2D eigenvalue weighted by Gasteiger charge is -2.34. The van der Waals surface area contributed by atoms with Gasteiger partial charge in [-0.05, 0) is 36.5 Å². The zero-order valence-corrected chi connectivity index (χ0v) is 20.1. The van der Waals surface area contributed by atoms with Crippen molar-refractivity contribution in [3.05, 3.63) is 29.8 Å². The van der Waals surface area contributed by atoms with Crippen molar-refractivity contribution in [3.63, 3.8) is 0 Å². The highest BCUT2D eigenvalue weighted by Gasteiger charge is 2.22. The lowest BCUT2D eigenvalue weighted by Crippen LogP contribution is -2.45. The highest BCUT2D eigenvalue weighted by atomic mass is 127. The van der Waals surface area contributed by atoms with Crippen molar-refractivity contribution in [3.8, 4) is 5.75 Å². The molecule has 0 aromatic heterocycles. The number of carbonyl (C=O) groups excluding carboxylic acids is 1. The van der Waals surface area contributed by atoms with Crippen LogP contribution in [0.3, 0.4) is 0 Å². The van der Waals surface area contributed by atoms with Crippen molar-refractivity contribution in [1.29, 1.82) is 0 Å². The van der Waals surface area contributed by atoms with Gasteiger partial charge >= 0.3 is 0 Å². The minimum absolute atomic E-state index is 0. The molecule has 0 unspecified atom stereocenters. The van der Waals surface area contributed by atoms with Crippen molar-refractivity contribution in [1.82, 2.24) is 15.5 Å². The zero-order chi connectivity index (χ0) is 20.2. The van der Waals surface area contributed by atoms with Gasteiger partial charge in [0.05, 0.1) is 6.61 Å². The van der Waals surface area contributed by atoms with Gasteiger partial charge in [0.15, 0.2) is 5.96 Å². The summed E-state index contributed by atoms with van der Waals surface area (Å²) in [6.07, 6.45) is 3.52. The number of carbonyl (C=O) groups is 1. The summed E-state index contributed by atoms with van der Waals surface area (Å²) in [6, 6.07) is 8.12. The first-order chi connectivity index (χ1) is 13.7. The Kier molecular flexibility index (Phi) is 12.7. The SMILES string of the molecule is CN=C(NCc1cccc(OCCCOC)c1)N1CCC(CC(=O)NC)CC1.I. The number of guanidine groups is 1. The average Bonchev–Trinajstić information content (AvgIpc) is 2.73. The zero-order valence-electron chi connectivity index (χ0n) is 17.8. The maximum Gasteiger partial charge on any atom is 0.220 e. The van der Waals surface area contributed by atoms with Gasteiger partial charge < -0.3 is 25.0 Å². The molecule has 0 atom stereocenters. The van der Waals surface area contributed by atoms with Gasteiger partial charge in [0.25, 0.3) is 0 Å². The summed E-state index contributed by atoms with van der Waals surface area (Å²) in [5.41, 5.74) is 1.15. The molecule has 8 heteroatoms. The van der Waals surface area contributed by atoms with Gasteiger partial charge in [-0.25, -0.2) is 0 Å². The van der Waals surface area contributed by atoms with Crippen LogP contribution < -0.4 is 15.4 Å². The van der Waals surface area contributed by atoms with Crippen LogP contribution in [0, 0.1) is 5.92 Å². The maximum atomic E-state index is 11.6. The fourth-order valence-electron chi connectivity index (χ4n) is 3.37. The lowest BCUT2D eigenvalue weighted by molar-refractivity contribution is -0.121. The Hall–Kier alpha value is -1.55. The van der Waals surface area contributed by atoms with E-state index in [9.17, 15) is 4.79 Å². The van der Waals surface area contributed by atoms with Gasteiger partial charge in [0.2, 0.25) is 5.91 Å². The minimum atomic E-state index is 0. The number of likely N-dealkylation sites (tertiary alicyclic amines) is 1. The first-order valence-electron chi connectivity index (χ1n) is 10.0. The number of ether oxygens (including phenoxy) is 2.